The summed E-state index contributed by atoms with van der Waals surface area (Å²) in [4.78, 5) is 13.9. The van der Waals surface area contributed by atoms with Crippen molar-refractivity contribution in [3.8, 4) is 0 Å². The van der Waals surface area contributed by atoms with E-state index >= 15 is 0 Å². The molecule has 0 spiro atoms. The lowest BCUT2D eigenvalue weighted by molar-refractivity contribution is -0.134. The van der Waals surface area contributed by atoms with Gasteiger partial charge in [0.25, 0.3) is 0 Å². The summed E-state index contributed by atoms with van der Waals surface area (Å²) in [5, 5.41) is 6.53. The molecule has 1 amide bonds. The molecule has 2 fully saturated rings. The zero-order valence-corrected chi connectivity index (χ0v) is 13.5. The molecule has 1 aliphatic carbocycles. The third kappa shape index (κ3) is 2.63. The Labute approximate surface area is 129 Å². The molecule has 0 N–H and O–H groups in total. The molecule has 9 heteroatoms. The van der Waals surface area contributed by atoms with Crippen molar-refractivity contribution in [1.82, 2.24) is 19.7 Å². The fourth-order valence-electron chi connectivity index (χ4n) is 2.60. The van der Waals surface area contributed by atoms with E-state index in [0.717, 1.165) is 12.8 Å². The summed E-state index contributed by atoms with van der Waals surface area (Å²) in [7, 11) is -2.20. The summed E-state index contributed by atoms with van der Waals surface area (Å²) in [6.07, 6.45) is 2.02. The van der Waals surface area contributed by atoms with Crippen LogP contribution in [0.2, 0.25) is 0 Å². The molecule has 2 heterocycles. The van der Waals surface area contributed by atoms with Crippen LogP contribution in [-0.2, 0) is 26.4 Å². The molecule has 0 radical (unpaired) electrons. The van der Waals surface area contributed by atoms with Crippen molar-refractivity contribution in [3.63, 3.8) is 0 Å². The van der Waals surface area contributed by atoms with Crippen LogP contribution in [0.4, 0.5) is 0 Å². The zero-order valence-electron chi connectivity index (χ0n) is 12.7. The molecule has 1 aromatic rings. The minimum atomic E-state index is -3.85. The molecule has 1 saturated heterocycles. The molecule has 1 saturated carbocycles. The average Bonchev–Trinajstić information content (AvgIpc) is 3.28. The fraction of sp³-hybridized carbons (Fsp3) is 0.769. The van der Waals surface area contributed by atoms with Crippen LogP contribution in [0.3, 0.4) is 0 Å². The molecule has 0 unspecified atom stereocenters. The van der Waals surface area contributed by atoms with Gasteiger partial charge in [-0.1, -0.05) is 0 Å². The largest absolute Gasteiger partial charge is 0.378 e. The fourth-order valence-corrected chi connectivity index (χ4v) is 3.96. The lowest BCUT2D eigenvalue weighted by Crippen LogP contribution is -2.47. The van der Waals surface area contributed by atoms with Crippen molar-refractivity contribution in [2.45, 2.75) is 36.1 Å². The van der Waals surface area contributed by atoms with Crippen molar-refractivity contribution < 1.29 is 17.9 Å². The Kier molecular flexibility index (Phi) is 3.94. The molecule has 0 bridgehead atoms. The van der Waals surface area contributed by atoms with Crippen molar-refractivity contribution in [1.29, 1.82) is 0 Å². The Bertz CT molecular complexity index is 674. The number of ether oxygens (including phenoxy) is 1. The lowest BCUT2D eigenvalue weighted by Gasteiger charge is -2.28. The van der Waals surface area contributed by atoms with Gasteiger partial charge in [0.05, 0.1) is 13.2 Å². The quantitative estimate of drug-likeness (QED) is 0.754. The number of hydrogen-bond donors (Lipinski definition) is 0. The van der Waals surface area contributed by atoms with E-state index in [4.69, 9.17) is 4.74 Å². The van der Waals surface area contributed by atoms with Crippen LogP contribution >= 0.6 is 0 Å². The van der Waals surface area contributed by atoms with Gasteiger partial charge in [-0.25, -0.2) is 8.42 Å². The molecule has 1 aliphatic heterocycles. The van der Waals surface area contributed by atoms with Crippen LogP contribution in [0.25, 0.3) is 0 Å². The van der Waals surface area contributed by atoms with Gasteiger partial charge in [-0.2, -0.15) is 0 Å². The van der Waals surface area contributed by atoms with E-state index in [-0.39, 0.29) is 5.16 Å². The van der Waals surface area contributed by atoms with Crippen molar-refractivity contribution in [2.75, 3.05) is 26.3 Å². The molecule has 1 atom stereocenters. The van der Waals surface area contributed by atoms with Crippen LogP contribution in [0, 0.1) is 0 Å². The van der Waals surface area contributed by atoms with E-state index in [2.05, 4.69) is 10.2 Å². The van der Waals surface area contributed by atoms with Crippen LogP contribution in [-0.4, -0.2) is 65.5 Å². The van der Waals surface area contributed by atoms with Gasteiger partial charge in [0.15, 0.2) is 0 Å². The summed E-state index contributed by atoms with van der Waals surface area (Å²) in [6, 6.07) is 0. The normalized spacial score (nSPS) is 20.9. The third-order valence-electron chi connectivity index (χ3n) is 4.20. The Morgan fingerprint density at radius 2 is 1.91 bits per heavy atom. The molecule has 0 aromatic carbocycles. The highest BCUT2D eigenvalue weighted by atomic mass is 32.2. The summed E-state index contributed by atoms with van der Waals surface area (Å²) < 4.78 is 32.1. The van der Waals surface area contributed by atoms with Gasteiger partial charge in [-0.15, -0.1) is 10.2 Å². The molecule has 22 heavy (non-hydrogen) atoms. The van der Waals surface area contributed by atoms with Gasteiger partial charge in [-0.05, 0) is 19.8 Å². The third-order valence-corrected chi connectivity index (χ3v) is 6.20. The molecule has 3 rings (SSSR count). The number of rotatable bonds is 4. The van der Waals surface area contributed by atoms with E-state index in [1.165, 1.54) is 16.4 Å². The number of amides is 1. The van der Waals surface area contributed by atoms with Crippen LogP contribution in [0.5, 0.6) is 0 Å². The summed E-state index contributed by atoms with van der Waals surface area (Å²) in [5.74, 6) is 0.579. The molecule has 1 aromatic heterocycles. The van der Waals surface area contributed by atoms with Crippen LogP contribution in [0.15, 0.2) is 5.16 Å². The van der Waals surface area contributed by atoms with Crippen molar-refractivity contribution in [2.24, 2.45) is 7.05 Å². The van der Waals surface area contributed by atoms with E-state index in [0.29, 0.717) is 38.0 Å². The van der Waals surface area contributed by atoms with Gasteiger partial charge in [0.2, 0.25) is 20.9 Å². The number of morpholine rings is 1. The maximum absolute atomic E-state index is 12.7. The molecular formula is C13H20N4O4S. The summed E-state index contributed by atoms with van der Waals surface area (Å²) >= 11 is 0. The number of hydrogen-bond acceptors (Lipinski definition) is 6. The number of aromatic nitrogens is 3. The highest BCUT2D eigenvalue weighted by Crippen LogP contribution is 2.39. The van der Waals surface area contributed by atoms with Crippen molar-refractivity contribution in [3.05, 3.63) is 5.82 Å². The smallest absolute Gasteiger partial charge is 0.250 e. The highest BCUT2D eigenvalue weighted by Gasteiger charge is 2.39. The minimum absolute atomic E-state index is 0.122. The van der Waals surface area contributed by atoms with Crippen LogP contribution < -0.4 is 0 Å². The van der Waals surface area contributed by atoms with E-state index < -0.39 is 21.0 Å². The minimum Gasteiger partial charge on any atom is -0.378 e. The van der Waals surface area contributed by atoms with Gasteiger partial charge in [0, 0.05) is 26.1 Å². The van der Waals surface area contributed by atoms with Gasteiger partial charge >= 0.3 is 0 Å². The average molecular weight is 328 g/mol. The van der Waals surface area contributed by atoms with Crippen molar-refractivity contribution >= 4 is 15.7 Å². The topological polar surface area (TPSA) is 94.4 Å². The van der Waals surface area contributed by atoms with Gasteiger partial charge in [-0.3, -0.25) is 4.79 Å². The first kappa shape index (κ1) is 15.4. The van der Waals surface area contributed by atoms with Gasteiger partial charge < -0.3 is 14.2 Å². The standard InChI is InChI=1S/C13H20N4O4S/c1-9(12(18)17-5-7-21-8-6-17)22(19,20)13-15-14-11(16(13)2)10-3-4-10/h9-10H,3-8H2,1-2H3/t9-/m1/s1. The Morgan fingerprint density at radius 3 is 2.50 bits per heavy atom. The van der Waals surface area contributed by atoms with E-state index in [9.17, 15) is 13.2 Å². The van der Waals surface area contributed by atoms with E-state index in [1.54, 1.807) is 7.05 Å². The Hall–Kier alpha value is -1.48. The highest BCUT2D eigenvalue weighted by molar-refractivity contribution is 7.92. The maximum atomic E-state index is 12.7. The molecule has 2 aliphatic rings. The second-order valence-corrected chi connectivity index (χ2v) is 7.96. The molecule has 8 nitrogen and oxygen atoms in total. The number of carbonyl (C=O) groups excluding carboxylic acids is 1. The molecular weight excluding hydrogens is 308 g/mol. The van der Waals surface area contributed by atoms with Gasteiger partial charge in [0.1, 0.15) is 11.1 Å². The second-order valence-electron chi connectivity index (χ2n) is 5.80. The number of sulfone groups is 1. The first-order valence-electron chi connectivity index (χ1n) is 7.42. The lowest BCUT2D eigenvalue weighted by atomic mass is 10.3. The number of carbonyl (C=O) groups is 1. The number of nitrogens with zero attached hydrogens (tertiary/aromatic N) is 4. The SMILES string of the molecule is C[C@H](C(=O)N1CCOCC1)S(=O)(=O)c1nnc(C2CC2)n1C. The predicted octanol–water partition coefficient (Wildman–Crippen LogP) is -0.286. The van der Waals surface area contributed by atoms with Crippen LogP contribution in [0.1, 0.15) is 31.5 Å². The first-order chi connectivity index (χ1) is 10.4. The van der Waals surface area contributed by atoms with E-state index in [1.807, 2.05) is 0 Å². The maximum Gasteiger partial charge on any atom is 0.250 e. The Morgan fingerprint density at radius 1 is 1.27 bits per heavy atom. The zero-order chi connectivity index (χ0) is 15.9. The molecule has 122 valence electrons. The monoisotopic (exact) mass is 328 g/mol. The summed E-state index contributed by atoms with van der Waals surface area (Å²) in [6.45, 7) is 3.14. The first-order valence-corrected chi connectivity index (χ1v) is 8.97. The predicted molar refractivity (Wildman–Crippen MR) is 77.0 cm³/mol. The summed E-state index contributed by atoms with van der Waals surface area (Å²) in [5.41, 5.74) is 0. The Balaban J connectivity index is 1.83. The second kappa shape index (κ2) is 5.62.